The topological polar surface area (TPSA) is 46.2 Å². The fourth-order valence-corrected chi connectivity index (χ4v) is 2.68. The van der Waals surface area contributed by atoms with Gasteiger partial charge in [0.05, 0.1) is 6.10 Å². The van der Waals surface area contributed by atoms with Crippen molar-refractivity contribution < 1.29 is 5.11 Å². The molecule has 1 aliphatic heterocycles. The molecule has 0 amide bonds. The molecule has 1 aliphatic rings. The van der Waals surface area contributed by atoms with Gasteiger partial charge in [0.2, 0.25) is 0 Å². The summed E-state index contributed by atoms with van der Waals surface area (Å²) < 4.78 is 0. The third-order valence-corrected chi connectivity index (χ3v) is 3.70. The van der Waals surface area contributed by atoms with Gasteiger partial charge in [0, 0.05) is 17.0 Å². The van der Waals surface area contributed by atoms with E-state index in [0.29, 0.717) is 11.2 Å². The van der Waals surface area contributed by atoms with E-state index in [-0.39, 0.29) is 12.1 Å². The molecule has 1 rings (SSSR count). The quantitative estimate of drug-likeness (QED) is 0.587. The Kier molecular flexibility index (Phi) is 2.61. The Bertz CT molecular complexity index is 118. The lowest BCUT2D eigenvalue weighted by atomic mass is 10.0. The molecule has 0 bridgehead atoms. The van der Waals surface area contributed by atoms with E-state index >= 15 is 0 Å². The second-order valence-corrected chi connectivity index (χ2v) is 4.41. The van der Waals surface area contributed by atoms with Crippen LogP contribution in [-0.2, 0) is 0 Å². The summed E-state index contributed by atoms with van der Waals surface area (Å²) in [7, 11) is 0. The van der Waals surface area contributed by atoms with Gasteiger partial charge in [0.15, 0.2) is 0 Å². The lowest BCUT2D eigenvalue weighted by Crippen LogP contribution is -2.38. The molecule has 3 unspecified atom stereocenters. The summed E-state index contributed by atoms with van der Waals surface area (Å²) in [6.45, 7) is 4.25. The molecular weight excluding hydrogens is 146 g/mol. The van der Waals surface area contributed by atoms with Crippen LogP contribution in [0.25, 0.3) is 0 Å². The summed E-state index contributed by atoms with van der Waals surface area (Å²) in [4.78, 5) is 0. The van der Waals surface area contributed by atoms with Crippen LogP contribution in [-0.4, -0.2) is 28.3 Å². The van der Waals surface area contributed by atoms with Gasteiger partial charge < -0.3 is 10.8 Å². The smallest absolute Gasteiger partial charge is 0.0819 e. The minimum atomic E-state index is -0.287. The van der Waals surface area contributed by atoms with Crippen LogP contribution in [0.5, 0.6) is 0 Å². The zero-order valence-electron chi connectivity index (χ0n) is 6.45. The highest BCUT2D eigenvalue weighted by Crippen LogP contribution is 2.31. The molecule has 0 saturated carbocycles. The van der Waals surface area contributed by atoms with E-state index in [0.717, 1.165) is 5.75 Å². The largest absolute Gasteiger partial charge is 0.390 e. The molecular formula is C7H15NOS. The number of aliphatic hydroxyl groups is 1. The number of hydrogen-bond donors (Lipinski definition) is 2. The van der Waals surface area contributed by atoms with E-state index in [1.54, 1.807) is 11.8 Å². The van der Waals surface area contributed by atoms with Gasteiger partial charge in [0.1, 0.15) is 0 Å². The predicted octanol–water partition coefficient (Wildman–Crippen LogP) is 0.446. The van der Waals surface area contributed by atoms with Gasteiger partial charge in [-0.05, 0) is 5.92 Å². The fourth-order valence-electron chi connectivity index (χ4n) is 1.25. The van der Waals surface area contributed by atoms with Gasteiger partial charge in [0.25, 0.3) is 0 Å². The normalized spacial score (nSPS) is 41.1. The molecule has 3 N–H and O–H groups in total. The number of rotatable bonds is 1. The van der Waals surface area contributed by atoms with Crippen molar-refractivity contribution in [3.63, 3.8) is 0 Å². The second kappa shape index (κ2) is 3.11. The lowest BCUT2D eigenvalue weighted by Gasteiger charge is -2.18. The van der Waals surface area contributed by atoms with Crippen molar-refractivity contribution in [1.82, 2.24) is 0 Å². The Balaban J connectivity index is 2.49. The third kappa shape index (κ3) is 1.47. The average molecular weight is 161 g/mol. The van der Waals surface area contributed by atoms with Crippen LogP contribution in [0.4, 0.5) is 0 Å². The molecule has 0 aliphatic carbocycles. The van der Waals surface area contributed by atoms with Crippen LogP contribution in [0.3, 0.4) is 0 Å². The number of aliphatic hydroxyl groups excluding tert-OH is 1. The van der Waals surface area contributed by atoms with Crippen molar-refractivity contribution in [1.29, 1.82) is 0 Å². The summed E-state index contributed by atoms with van der Waals surface area (Å²) in [6.07, 6.45) is -0.287. The molecule has 1 saturated heterocycles. The Labute approximate surface area is 66.2 Å². The van der Waals surface area contributed by atoms with E-state index in [9.17, 15) is 5.11 Å². The summed E-state index contributed by atoms with van der Waals surface area (Å²) >= 11 is 1.79. The standard InChI is InChI=1S/C7H15NOS/c1-4(2)7-6(9)5(8)3-10-7/h4-7,9H,3,8H2,1-2H3. The summed E-state index contributed by atoms with van der Waals surface area (Å²) in [5.74, 6) is 1.44. The minimum absolute atomic E-state index is 0.00241. The monoisotopic (exact) mass is 161 g/mol. The van der Waals surface area contributed by atoms with E-state index < -0.39 is 0 Å². The van der Waals surface area contributed by atoms with Gasteiger partial charge in [-0.1, -0.05) is 13.8 Å². The molecule has 0 spiro atoms. The summed E-state index contributed by atoms with van der Waals surface area (Å²) in [5, 5.41) is 9.84. The van der Waals surface area contributed by atoms with Crippen LogP contribution >= 0.6 is 11.8 Å². The van der Waals surface area contributed by atoms with Gasteiger partial charge >= 0.3 is 0 Å². The molecule has 3 atom stereocenters. The van der Waals surface area contributed by atoms with Crippen LogP contribution in [0.1, 0.15) is 13.8 Å². The van der Waals surface area contributed by atoms with Crippen molar-refractivity contribution in [2.45, 2.75) is 31.2 Å². The van der Waals surface area contributed by atoms with Crippen molar-refractivity contribution in [3.05, 3.63) is 0 Å². The molecule has 0 aromatic carbocycles. The van der Waals surface area contributed by atoms with Crippen molar-refractivity contribution in [2.24, 2.45) is 11.7 Å². The molecule has 1 fully saturated rings. The van der Waals surface area contributed by atoms with Crippen molar-refractivity contribution in [3.8, 4) is 0 Å². The van der Waals surface area contributed by atoms with Gasteiger partial charge in [-0.2, -0.15) is 11.8 Å². The second-order valence-electron chi connectivity index (χ2n) is 3.20. The van der Waals surface area contributed by atoms with Crippen LogP contribution < -0.4 is 5.73 Å². The zero-order valence-corrected chi connectivity index (χ0v) is 7.27. The number of hydrogen-bond acceptors (Lipinski definition) is 3. The molecule has 0 radical (unpaired) electrons. The van der Waals surface area contributed by atoms with Crippen LogP contribution in [0, 0.1) is 5.92 Å². The Morgan fingerprint density at radius 1 is 1.60 bits per heavy atom. The maximum Gasteiger partial charge on any atom is 0.0819 e. The molecule has 0 aromatic heterocycles. The highest BCUT2D eigenvalue weighted by atomic mass is 32.2. The van der Waals surface area contributed by atoms with Gasteiger partial charge in [-0.15, -0.1) is 0 Å². The highest BCUT2D eigenvalue weighted by molar-refractivity contribution is 8.00. The first-order chi connectivity index (χ1) is 4.63. The zero-order chi connectivity index (χ0) is 7.72. The van der Waals surface area contributed by atoms with Gasteiger partial charge in [-0.25, -0.2) is 0 Å². The molecule has 60 valence electrons. The Morgan fingerprint density at radius 3 is 2.40 bits per heavy atom. The van der Waals surface area contributed by atoms with Crippen molar-refractivity contribution in [2.75, 3.05) is 5.75 Å². The third-order valence-electron chi connectivity index (χ3n) is 1.91. The maximum absolute atomic E-state index is 9.48. The molecule has 2 nitrogen and oxygen atoms in total. The Morgan fingerprint density at radius 2 is 2.20 bits per heavy atom. The summed E-state index contributed by atoms with van der Waals surface area (Å²) in [6, 6.07) is -0.00241. The first-order valence-electron chi connectivity index (χ1n) is 3.68. The van der Waals surface area contributed by atoms with E-state index in [4.69, 9.17) is 5.73 Å². The number of thioether (sulfide) groups is 1. The SMILES string of the molecule is CC(C)C1SCC(N)C1O. The fraction of sp³-hybridized carbons (Fsp3) is 1.00. The first-order valence-corrected chi connectivity index (χ1v) is 4.73. The molecule has 1 heterocycles. The number of nitrogens with two attached hydrogens (primary N) is 1. The first kappa shape index (κ1) is 8.37. The average Bonchev–Trinajstić information content (AvgIpc) is 2.14. The van der Waals surface area contributed by atoms with E-state index in [1.165, 1.54) is 0 Å². The van der Waals surface area contributed by atoms with E-state index in [1.807, 2.05) is 0 Å². The van der Waals surface area contributed by atoms with E-state index in [2.05, 4.69) is 13.8 Å². The molecule has 10 heavy (non-hydrogen) atoms. The maximum atomic E-state index is 9.48. The summed E-state index contributed by atoms with van der Waals surface area (Å²) in [5.41, 5.74) is 5.64. The molecule has 0 aromatic rings. The van der Waals surface area contributed by atoms with Gasteiger partial charge in [-0.3, -0.25) is 0 Å². The molecule has 3 heteroatoms. The minimum Gasteiger partial charge on any atom is -0.390 e. The van der Waals surface area contributed by atoms with Crippen LogP contribution in [0.2, 0.25) is 0 Å². The predicted molar refractivity (Wildman–Crippen MR) is 45.1 cm³/mol. The van der Waals surface area contributed by atoms with Crippen molar-refractivity contribution >= 4 is 11.8 Å². The lowest BCUT2D eigenvalue weighted by molar-refractivity contribution is 0.144. The highest BCUT2D eigenvalue weighted by Gasteiger charge is 2.34. The van der Waals surface area contributed by atoms with Crippen LogP contribution in [0.15, 0.2) is 0 Å². The Hall–Kier alpha value is 0.270.